The number of aromatic nitrogens is 1. The molecule has 0 spiro atoms. The molecule has 0 atom stereocenters. The highest BCUT2D eigenvalue weighted by atomic mass is 19.4. The fourth-order valence-corrected chi connectivity index (χ4v) is 3.66. The van der Waals surface area contributed by atoms with Crippen LogP contribution in [0.4, 0.5) is 24.5 Å². The number of fused-ring (bicyclic) bond motifs is 3. The number of benzene rings is 2. The van der Waals surface area contributed by atoms with Gasteiger partial charge < -0.3 is 19.7 Å². The van der Waals surface area contributed by atoms with E-state index in [0.29, 0.717) is 29.6 Å². The van der Waals surface area contributed by atoms with E-state index in [-0.39, 0.29) is 22.6 Å². The van der Waals surface area contributed by atoms with Crippen LogP contribution in [-0.4, -0.2) is 29.4 Å². The van der Waals surface area contributed by atoms with E-state index in [1.54, 1.807) is 30.3 Å². The van der Waals surface area contributed by atoms with Crippen LogP contribution in [0, 0.1) is 6.92 Å². The Balaban J connectivity index is 1.88. The zero-order valence-electron chi connectivity index (χ0n) is 14.9. The van der Waals surface area contributed by atoms with Gasteiger partial charge in [-0.2, -0.15) is 13.2 Å². The summed E-state index contributed by atoms with van der Waals surface area (Å²) in [7, 11) is 0. The van der Waals surface area contributed by atoms with Crippen LogP contribution in [0.5, 0.6) is 11.5 Å². The number of aromatic amines is 1. The molecule has 0 bridgehead atoms. The van der Waals surface area contributed by atoms with Gasteiger partial charge in [0, 0.05) is 23.2 Å². The number of anilines is 2. The van der Waals surface area contributed by atoms with E-state index >= 15 is 0 Å². The third kappa shape index (κ3) is 3.15. The number of phenols is 1. The fourth-order valence-electron chi connectivity index (χ4n) is 3.66. The van der Waals surface area contributed by atoms with Crippen LogP contribution in [0.25, 0.3) is 10.9 Å². The number of aromatic hydroxyl groups is 1. The van der Waals surface area contributed by atoms with Gasteiger partial charge in [0.05, 0.1) is 11.2 Å². The molecule has 0 saturated heterocycles. The lowest BCUT2D eigenvalue weighted by Gasteiger charge is -2.23. The molecule has 0 radical (unpaired) electrons. The average molecular weight is 390 g/mol. The zero-order chi connectivity index (χ0) is 20.1. The predicted molar refractivity (Wildman–Crippen MR) is 99.7 cm³/mol. The Labute approximate surface area is 158 Å². The van der Waals surface area contributed by atoms with Crippen molar-refractivity contribution >= 4 is 22.3 Å². The van der Waals surface area contributed by atoms with Crippen LogP contribution in [0.2, 0.25) is 0 Å². The molecule has 2 N–H and O–H groups in total. The molecule has 0 unspecified atom stereocenters. The summed E-state index contributed by atoms with van der Waals surface area (Å²) in [6.07, 6.45) is -3.97. The number of phenolic OH excluding ortho intramolecular Hbond substituents is 1. The first-order valence-corrected chi connectivity index (χ1v) is 8.69. The molecule has 0 amide bonds. The summed E-state index contributed by atoms with van der Waals surface area (Å²) in [6.45, 7) is 0.961. The Morgan fingerprint density at radius 3 is 2.75 bits per heavy atom. The van der Waals surface area contributed by atoms with E-state index in [0.717, 1.165) is 11.3 Å². The first-order chi connectivity index (χ1) is 13.2. The van der Waals surface area contributed by atoms with E-state index < -0.39 is 12.8 Å². The van der Waals surface area contributed by atoms with Gasteiger partial charge >= 0.3 is 6.18 Å². The SMILES string of the molecule is Cc1cc(O)ccc1N1CCc2c1c1cccc(OCC(F)(F)F)c1[nH]c2=O. The molecular formula is C20H17F3N2O3. The number of pyridine rings is 1. The van der Waals surface area contributed by atoms with Gasteiger partial charge in [0.15, 0.2) is 6.61 Å². The van der Waals surface area contributed by atoms with Gasteiger partial charge in [-0.3, -0.25) is 4.79 Å². The van der Waals surface area contributed by atoms with Crippen LogP contribution in [-0.2, 0) is 6.42 Å². The van der Waals surface area contributed by atoms with Crippen molar-refractivity contribution in [1.29, 1.82) is 0 Å². The molecule has 1 aliphatic heterocycles. The number of aryl methyl sites for hydroxylation is 1. The minimum Gasteiger partial charge on any atom is -0.508 e. The highest BCUT2D eigenvalue weighted by molar-refractivity contribution is 5.99. The average Bonchev–Trinajstić information content (AvgIpc) is 3.05. The Morgan fingerprint density at radius 1 is 1.25 bits per heavy atom. The first kappa shape index (κ1) is 18.2. The Hall–Kier alpha value is -3.16. The Bertz CT molecular complexity index is 1120. The van der Waals surface area contributed by atoms with Crippen LogP contribution >= 0.6 is 0 Å². The van der Waals surface area contributed by atoms with E-state index in [2.05, 4.69) is 4.98 Å². The Kier molecular flexibility index (Phi) is 4.21. The molecule has 5 nitrogen and oxygen atoms in total. The van der Waals surface area contributed by atoms with Crippen molar-refractivity contribution in [2.24, 2.45) is 0 Å². The summed E-state index contributed by atoms with van der Waals surface area (Å²) < 4.78 is 42.7. The number of nitrogens with zero attached hydrogens (tertiary/aromatic N) is 1. The van der Waals surface area contributed by atoms with E-state index in [1.807, 2.05) is 11.8 Å². The number of ether oxygens (including phenoxy) is 1. The zero-order valence-corrected chi connectivity index (χ0v) is 14.9. The van der Waals surface area contributed by atoms with Crippen LogP contribution in [0.15, 0.2) is 41.2 Å². The maximum atomic E-state index is 12.6. The molecule has 1 aromatic heterocycles. The quantitative estimate of drug-likeness (QED) is 0.704. The Morgan fingerprint density at radius 2 is 2.04 bits per heavy atom. The monoisotopic (exact) mass is 390 g/mol. The van der Waals surface area contributed by atoms with Crippen molar-refractivity contribution in [1.82, 2.24) is 4.98 Å². The molecule has 28 heavy (non-hydrogen) atoms. The molecule has 0 saturated carbocycles. The lowest BCUT2D eigenvalue weighted by molar-refractivity contribution is -0.153. The number of H-pyrrole nitrogens is 1. The minimum absolute atomic E-state index is 0.0241. The molecule has 1 aliphatic rings. The molecule has 2 aromatic carbocycles. The normalized spacial score (nSPS) is 13.8. The number of para-hydroxylation sites is 1. The van der Waals surface area contributed by atoms with Gasteiger partial charge in [-0.05, 0) is 43.2 Å². The van der Waals surface area contributed by atoms with Crippen molar-refractivity contribution in [3.8, 4) is 11.5 Å². The number of rotatable bonds is 3. The number of halogens is 3. The summed E-state index contributed by atoms with van der Waals surface area (Å²) in [4.78, 5) is 17.2. The van der Waals surface area contributed by atoms with E-state index in [1.165, 1.54) is 6.07 Å². The molecule has 2 heterocycles. The lowest BCUT2D eigenvalue weighted by atomic mass is 10.1. The highest BCUT2D eigenvalue weighted by Gasteiger charge is 2.30. The molecule has 0 aliphatic carbocycles. The van der Waals surface area contributed by atoms with Gasteiger partial charge in [0.2, 0.25) is 0 Å². The summed E-state index contributed by atoms with van der Waals surface area (Å²) in [6, 6.07) is 9.71. The van der Waals surface area contributed by atoms with Gasteiger partial charge in [-0.1, -0.05) is 12.1 Å². The van der Waals surface area contributed by atoms with E-state index in [4.69, 9.17) is 4.74 Å². The van der Waals surface area contributed by atoms with Crippen molar-refractivity contribution < 1.29 is 23.0 Å². The summed E-state index contributed by atoms with van der Waals surface area (Å²) in [5, 5.41) is 10.3. The van der Waals surface area contributed by atoms with Gasteiger partial charge in [0.1, 0.15) is 11.5 Å². The first-order valence-electron chi connectivity index (χ1n) is 8.69. The van der Waals surface area contributed by atoms with Gasteiger partial charge in [0.25, 0.3) is 5.56 Å². The number of alkyl halides is 3. The molecule has 3 aromatic rings. The second-order valence-corrected chi connectivity index (χ2v) is 6.74. The van der Waals surface area contributed by atoms with E-state index in [9.17, 15) is 23.1 Å². The smallest absolute Gasteiger partial charge is 0.422 e. The largest absolute Gasteiger partial charge is 0.508 e. The topological polar surface area (TPSA) is 65.6 Å². The number of hydrogen-bond donors (Lipinski definition) is 2. The molecule has 4 rings (SSSR count). The standard InChI is InChI=1S/C20H17F3N2O3/c1-11-9-12(26)5-6-15(11)25-8-7-14-18(25)13-3-2-4-16(17(13)24-19(14)27)28-10-20(21,22)23/h2-6,9,26H,7-8,10H2,1H3,(H,24,27). The third-order valence-corrected chi connectivity index (χ3v) is 4.80. The molecule has 146 valence electrons. The second kappa shape index (κ2) is 6.47. The molecule has 8 heteroatoms. The van der Waals surface area contributed by atoms with Gasteiger partial charge in [-0.15, -0.1) is 0 Å². The number of nitrogens with one attached hydrogen (secondary N) is 1. The predicted octanol–water partition coefficient (Wildman–Crippen LogP) is 4.18. The van der Waals surface area contributed by atoms with Crippen molar-refractivity contribution in [3.63, 3.8) is 0 Å². The maximum absolute atomic E-state index is 12.6. The molecular weight excluding hydrogens is 373 g/mol. The second-order valence-electron chi connectivity index (χ2n) is 6.74. The maximum Gasteiger partial charge on any atom is 0.422 e. The summed E-state index contributed by atoms with van der Waals surface area (Å²) >= 11 is 0. The number of hydrogen-bond acceptors (Lipinski definition) is 4. The highest BCUT2D eigenvalue weighted by Crippen LogP contribution is 2.41. The van der Waals surface area contributed by atoms with Crippen molar-refractivity contribution in [2.75, 3.05) is 18.1 Å². The fraction of sp³-hybridized carbons (Fsp3) is 0.250. The molecule has 0 fully saturated rings. The van der Waals surface area contributed by atoms with Crippen molar-refractivity contribution in [2.45, 2.75) is 19.5 Å². The van der Waals surface area contributed by atoms with Crippen LogP contribution in [0.1, 0.15) is 11.1 Å². The van der Waals surface area contributed by atoms with Crippen LogP contribution in [0.3, 0.4) is 0 Å². The minimum atomic E-state index is -4.48. The lowest BCUT2D eigenvalue weighted by Crippen LogP contribution is -2.20. The van der Waals surface area contributed by atoms with Crippen LogP contribution < -0.4 is 15.2 Å². The van der Waals surface area contributed by atoms with Crippen molar-refractivity contribution in [3.05, 3.63) is 57.9 Å². The summed E-state index contributed by atoms with van der Waals surface area (Å²) in [5.74, 6) is 0.114. The third-order valence-electron chi connectivity index (χ3n) is 4.80. The summed E-state index contributed by atoms with van der Waals surface area (Å²) in [5.41, 5.74) is 2.78. The van der Waals surface area contributed by atoms with Gasteiger partial charge in [-0.25, -0.2) is 0 Å².